The summed E-state index contributed by atoms with van der Waals surface area (Å²) >= 11 is 0. The number of hydrogen-bond acceptors (Lipinski definition) is 6. The lowest BCUT2D eigenvalue weighted by Crippen LogP contribution is -2.06. The molecule has 0 saturated heterocycles. The second-order valence-corrected chi connectivity index (χ2v) is 7.91. The molecule has 4 aromatic heterocycles. The monoisotopic (exact) mass is 436 g/mol. The van der Waals surface area contributed by atoms with E-state index < -0.39 is 0 Å². The molecule has 6 aromatic rings. The number of ether oxygens (including phenoxy) is 1. The molecule has 0 unspecified atom stereocenters. The molecule has 0 radical (unpaired) electrons. The normalized spacial score (nSPS) is 11.5. The fraction of sp³-hybridized carbons (Fsp3) is 0.125. The molecule has 0 aliphatic heterocycles. The molecule has 0 saturated carbocycles. The van der Waals surface area contributed by atoms with E-state index in [4.69, 9.17) is 9.72 Å². The first-order chi connectivity index (χ1) is 16.1. The molecule has 0 bridgehead atoms. The first kappa shape index (κ1) is 19.2. The van der Waals surface area contributed by atoms with Crippen molar-refractivity contribution in [2.24, 2.45) is 0 Å². The highest BCUT2D eigenvalue weighted by atomic mass is 16.5. The summed E-state index contributed by atoms with van der Waals surface area (Å²) in [7, 11) is 0. The van der Waals surface area contributed by atoms with E-state index in [1.807, 2.05) is 54.7 Å². The highest BCUT2D eigenvalue weighted by molar-refractivity contribution is 5.89. The predicted molar refractivity (Wildman–Crippen MR) is 123 cm³/mol. The Morgan fingerprint density at radius 2 is 1.73 bits per heavy atom. The maximum atomic E-state index is 5.90. The van der Waals surface area contributed by atoms with Crippen molar-refractivity contribution in [3.05, 3.63) is 84.4 Å². The molecule has 0 fully saturated rings. The Balaban J connectivity index is 1.29. The molecule has 0 atom stereocenters. The van der Waals surface area contributed by atoms with Gasteiger partial charge in [0.1, 0.15) is 17.8 Å². The summed E-state index contributed by atoms with van der Waals surface area (Å²) in [6, 6.07) is 17.9. The number of nitrogens with zero attached hydrogens (tertiary/aromatic N) is 8. The van der Waals surface area contributed by atoms with E-state index in [2.05, 4.69) is 40.2 Å². The summed E-state index contributed by atoms with van der Waals surface area (Å²) < 4.78 is 11.1. The van der Waals surface area contributed by atoms with Gasteiger partial charge in [-0.15, -0.1) is 5.10 Å². The van der Waals surface area contributed by atoms with E-state index in [1.165, 1.54) is 0 Å². The number of aromatic nitrogens is 8. The Kier molecular flexibility index (Phi) is 4.39. The fourth-order valence-electron chi connectivity index (χ4n) is 3.90. The van der Waals surface area contributed by atoms with Crippen molar-refractivity contribution in [1.29, 1.82) is 0 Å². The minimum Gasteiger partial charge on any atom is -0.471 e. The molecule has 0 spiro atoms. The van der Waals surface area contributed by atoms with Crippen molar-refractivity contribution in [2.75, 3.05) is 0 Å². The minimum atomic E-state index is 0.298. The molecule has 33 heavy (non-hydrogen) atoms. The minimum absolute atomic E-state index is 0.298. The van der Waals surface area contributed by atoms with Crippen LogP contribution in [-0.2, 0) is 6.73 Å². The van der Waals surface area contributed by atoms with Gasteiger partial charge in [-0.05, 0) is 55.3 Å². The van der Waals surface area contributed by atoms with Crippen LogP contribution < -0.4 is 4.74 Å². The second-order valence-electron chi connectivity index (χ2n) is 7.91. The molecule has 162 valence electrons. The number of benzene rings is 2. The molecule has 0 amide bonds. The second kappa shape index (κ2) is 7.56. The number of hydrogen-bond donors (Lipinski definition) is 0. The number of fused-ring (bicyclic) bond motifs is 3. The van der Waals surface area contributed by atoms with E-state index in [-0.39, 0.29) is 0 Å². The molecular weight excluding hydrogens is 416 g/mol. The molecule has 0 aliphatic rings. The Bertz CT molecular complexity index is 1580. The van der Waals surface area contributed by atoms with Crippen molar-refractivity contribution in [3.8, 4) is 23.0 Å². The van der Waals surface area contributed by atoms with Crippen LogP contribution in [0.15, 0.2) is 73.3 Å². The van der Waals surface area contributed by atoms with Crippen LogP contribution in [0.3, 0.4) is 0 Å². The number of aryl methyl sites for hydroxylation is 2. The quantitative estimate of drug-likeness (QED) is 0.406. The van der Waals surface area contributed by atoms with Crippen molar-refractivity contribution in [1.82, 2.24) is 39.1 Å². The first-order valence-corrected chi connectivity index (χ1v) is 10.5. The van der Waals surface area contributed by atoms with Gasteiger partial charge >= 0.3 is 0 Å². The molecule has 9 heteroatoms. The zero-order valence-corrected chi connectivity index (χ0v) is 18.1. The van der Waals surface area contributed by atoms with Gasteiger partial charge in [0.05, 0.1) is 17.3 Å². The van der Waals surface area contributed by atoms with Crippen LogP contribution in [0.5, 0.6) is 5.75 Å². The zero-order valence-electron chi connectivity index (χ0n) is 18.1. The van der Waals surface area contributed by atoms with Gasteiger partial charge in [0, 0.05) is 6.20 Å². The van der Waals surface area contributed by atoms with Gasteiger partial charge in [-0.25, -0.2) is 23.8 Å². The van der Waals surface area contributed by atoms with Gasteiger partial charge in [-0.1, -0.05) is 24.3 Å². The third kappa shape index (κ3) is 3.49. The highest BCUT2D eigenvalue weighted by Crippen LogP contribution is 2.22. The van der Waals surface area contributed by atoms with Crippen LogP contribution in [0.25, 0.3) is 33.9 Å². The van der Waals surface area contributed by atoms with Crippen molar-refractivity contribution >= 4 is 16.7 Å². The fourth-order valence-corrected chi connectivity index (χ4v) is 3.90. The van der Waals surface area contributed by atoms with Gasteiger partial charge in [0.15, 0.2) is 18.0 Å². The topological polar surface area (TPSA) is 88.0 Å². The summed E-state index contributed by atoms with van der Waals surface area (Å²) in [5.74, 6) is 1.33. The Morgan fingerprint density at radius 3 is 2.55 bits per heavy atom. The molecule has 0 aliphatic carbocycles. The summed E-state index contributed by atoms with van der Waals surface area (Å²) in [4.78, 5) is 9.27. The molecule has 4 heterocycles. The molecule has 9 nitrogen and oxygen atoms in total. The smallest absolute Gasteiger partial charge is 0.202 e. The van der Waals surface area contributed by atoms with Crippen LogP contribution in [-0.4, -0.2) is 39.1 Å². The van der Waals surface area contributed by atoms with E-state index in [0.29, 0.717) is 23.9 Å². The number of rotatable bonds is 5. The zero-order chi connectivity index (χ0) is 22.4. The summed E-state index contributed by atoms with van der Waals surface area (Å²) in [5.41, 5.74) is 5.32. The van der Waals surface area contributed by atoms with Crippen molar-refractivity contribution < 1.29 is 4.74 Å². The SMILES string of the molecule is Cc1cc(C)cc(OCn2ccc(-c3nc4c5cnn(-c6ccccc6)c5ncn4n3)n2)c1. The van der Waals surface area contributed by atoms with Gasteiger partial charge < -0.3 is 4.74 Å². The van der Waals surface area contributed by atoms with Gasteiger partial charge in [-0.2, -0.15) is 10.2 Å². The maximum Gasteiger partial charge on any atom is 0.202 e. The maximum absolute atomic E-state index is 5.90. The van der Waals surface area contributed by atoms with E-state index in [0.717, 1.165) is 33.6 Å². The highest BCUT2D eigenvalue weighted by Gasteiger charge is 2.15. The van der Waals surface area contributed by atoms with E-state index >= 15 is 0 Å². The van der Waals surface area contributed by atoms with Crippen molar-refractivity contribution in [3.63, 3.8) is 0 Å². The summed E-state index contributed by atoms with van der Waals surface area (Å²) in [5, 5.41) is 14.5. The lowest BCUT2D eigenvalue weighted by atomic mass is 10.1. The van der Waals surface area contributed by atoms with Gasteiger partial charge in [0.2, 0.25) is 5.82 Å². The van der Waals surface area contributed by atoms with Gasteiger partial charge in [0.25, 0.3) is 0 Å². The molecule has 0 N–H and O–H groups in total. The molecular formula is C24H20N8O. The summed E-state index contributed by atoms with van der Waals surface area (Å²) in [6.45, 7) is 4.40. The van der Waals surface area contributed by atoms with Crippen LogP contribution in [0.2, 0.25) is 0 Å². The van der Waals surface area contributed by atoms with Crippen LogP contribution >= 0.6 is 0 Å². The first-order valence-electron chi connectivity index (χ1n) is 10.5. The lowest BCUT2D eigenvalue weighted by Gasteiger charge is -2.08. The largest absolute Gasteiger partial charge is 0.471 e. The van der Waals surface area contributed by atoms with Crippen LogP contribution in [0, 0.1) is 13.8 Å². The van der Waals surface area contributed by atoms with E-state index in [1.54, 1.807) is 26.4 Å². The average molecular weight is 436 g/mol. The van der Waals surface area contributed by atoms with Gasteiger partial charge in [-0.3, -0.25) is 0 Å². The average Bonchev–Trinajstić information content (AvgIpc) is 3.54. The Labute approximate surface area is 188 Å². The van der Waals surface area contributed by atoms with Crippen LogP contribution in [0.4, 0.5) is 0 Å². The molecule has 6 rings (SSSR count). The summed E-state index contributed by atoms with van der Waals surface area (Å²) in [6.07, 6.45) is 5.26. The van der Waals surface area contributed by atoms with E-state index in [9.17, 15) is 0 Å². The Hall–Kier alpha value is -4.53. The Morgan fingerprint density at radius 1 is 0.909 bits per heavy atom. The lowest BCUT2D eigenvalue weighted by molar-refractivity contribution is 0.221. The third-order valence-electron chi connectivity index (χ3n) is 5.33. The number of para-hydroxylation sites is 1. The van der Waals surface area contributed by atoms with Crippen molar-refractivity contribution in [2.45, 2.75) is 20.6 Å². The predicted octanol–water partition coefficient (Wildman–Crippen LogP) is 3.98. The molecule has 2 aromatic carbocycles. The van der Waals surface area contributed by atoms with Crippen LogP contribution in [0.1, 0.15) is 11.1 Å². The third-order valence-corrected chi connectivity index (χ3v) is 5.33. The standard InChI is InChI=1S/C24H20N8O/c1-16-10-17(2)12-19(11-16)33-15-30-9-8-21(28-30)22-27-24-20-13-26-32(18-6-4-3-5-7-18)23(20)25-14-31(24)29-22/h3-14H,15H2,1-2H3.